The molecule has 2 N–H and O–H groups in total. The number of rotatable bonds is 4. The van der Waals surface area contributed by atoms with Crippen LogP contribution in [0.2, 0.25) is 0 Å². The van der Waals surface area contributed by atoms with Gasteiger partial charge in [-0.3, -0.25) is 0 Å². The molecule has 0 unspecified atom stereocenters. The van der Waals surface area contributed by atoms with Crippen LogP contribution in [0.1, 0.15) is 49.0 Å². The zero-order chi connectivity index (χ0) is 13.7. The van der Waals surface area contributed by atoms with Gasteiger partial charge in [0.25, 0.3) is 0 Å². The number of hydrogen-bond donors (Lipinski definition) is 1. The molecule has 0 bridgehead atoms. The van der Waals surface area contributed by atoms with Gasteiger partial charge >= 0.3 is 0 Å². The van der Waals surface area contributed by atoms with E-state index in [1.54, 1.807) is 11.8 Å². The molecule has 0 spiro atoms. The quantitative estimate of drug-likeness (QED) is 0.874. The molecule has 2 aliphatic rings. The third-order valence-corrected chi connectivity index (χ3v) is 5.20. The smallest absolute Gasteiger partial charge is 0.196 e. The second-order valence-corrected chi connectivity index (χ2v) is 6.80. The number of anilines is 1. The summed E-state index contributed by atoms with van der Waals surface area (Å²) in [6.45, 7) is 2.07. The molecule has 20 heavy (non-hydrogen) atoms. The van der Waals surface area contributed by atoms with Crippen LogP contribution < -0.4 is 5.73 Å². The molecule has 4 nitrogen and oxygen atoms in total. The summed E-state index contributed by atoms with van der Waals surface area (Å²) in [6.07, 6.45) is 5.07. The van der Waals surface area contributed by atoms with Crippen LogP contribution >= 0.6 is 11.8 Å². The monoisotopic (exact) mass is 286 g/mol. The number of benzene rings is 1. The first kappa shape index (κ1) is 12.3. The second kappa shape index (κ2) is 4.52. The van der Waals surface area contributed by atoms with Crippen molar-refractivity contribution in [1.82, 2.24) is 14.8 Å². The van der Waals surface area contributed by atoms with Crippen LogP contribution in [-0.2, 0) is 0 Å². The highest BCUT2D eigenvalue weighted by molar-refractivity contribution is 7.99. The van der Waals surface area contributed by atoms with Gasteiger partial charge in [-0.2, -0.15) is 0 Å². The molecule has 1 heterocycles. The van der Waals surface area contributed by atoms with E-state index in [2.05, 4.69) is 27.8 Å². The molecule has 2 aliphatic carbocycles. The molecule has 1 aromatic carbocycles. The molecule has 4 rings (SSSR count). The number of nitrogen functional groups attached to an aromatic ring is 1. The van der Waals surface area contributed by atoms with E-state index in [4.69, 9.17) is 5.73 Å². The second-order valence-electron chi connectivity index (χ2n) is 5.79. The van der Waals surface area contributed by atoms with E-state index in [0.717, 1.165) is 16.4 Å². The summed E-state index contributed by atoms with van der Waals surface area (Å²) in [5, 5.41) is 9.92. The topological polar surface area (TPSA) is 56.7 Å². The van der Waals surface area contributed by atoms with Crippen molar-refractivity contribution >= 4 is 17.4 Å². The Hall–Kier alpha value is -1.49. The average Bonchev–Trinajstić information content (AvgIpc) is 3.34. The van der Waals surface area contributed by atoms with Gasteiger partial charge in [-0.25, -0.2) is 0 Å². The maximum absolute atomic E-state index is 5.99. The molecular formula is C15H18N4S. The average molecular weight is 286 g/mol. The molecule has 2 fully saturated rings. The maximum Gasteiger partial charge on any atom is 0.196 e. The lowest BCUT2D eigenvalue weighted by Gasteiger charge is -2.10. The van der Waals surface area contributed by atoms with Crippen molar-refractivity contribution in [3.05, 3.63) is 29.6 Å². The predicted molar refractivity (Wildman–Crippen MR) is 80.0 cm³/mol. The highest BCUT2D eigenvalue weighted by Gasteiger charge is 2.36. The number of hydrogen-bond acceptors (Lipinski definition) is 4. The maximum atomic E-state index is 5.99. The summed E-state index contributed by atoms with van der Waals surface area (Å²) in [5.74, 6) is 1.86. The largest absolute Gasteiger partial charge is 0.398 e. The van der Waals surface area contributed by atoms with Gasteiger partial charge in [0.1, 0.15) is 5.82 Å². The Morgan fingerprint density at radius 2 is 2.00 bits per heavy atom. The van der Waals surface area contributed by atoms with Crippen LogP contribution in [0.3, 0.4) is 0 Å². The van der Waals surface area contributed by atoms with Crippen molar-refractivity contribution < 1.29 is 0 Å². The fraction of sp³-hybridized carbons (Fsp3) is 0.467. The lowest BCUT2D eigenvalue weighted by Crippen LogP contribution is -2.02. The molecular weight excluding hydrogens is 268 g/mol. The Morgan fingerprint density at radius 1 is 1.20 bits per heavy atom. The third kappa shape index (κ3) is 2.10. The fourth-order valence-corrected chi connectivity index (χ4v) is 3.53. The third-order valence-electron chi connectivity index (χ3n) is 4.07. The van der Waals surface area contributed by atoms with E-state index in [1.807, 2.05) is 12.1 Å². The van der Waals surface area contributed by atoms with Gasteiger partial charge in [0.05, 0.1) is 0 Å². The van der Waals surface area contributed by atoms with Crippen molar-refractivity contribution in [1.29, 1.82) is 0 Å². The summed E-state index contributed by atoms with van der Waals surface area (Å²) in [6, 6.07) is 6.69. The molecule has 104 valence electrons. The first-order valence-electron chi connectivity index (χ1n) is 7.22. The van der Waals surface area contributed by atoms with E-state index in [1.165, 1.54) is 36.4 Å². The minimum Gasteiger partial charge on any atom is -0.398 e. The summed E-state index contributed by atoms with van der Waals surface area (Å²) in [7, 11) is 0. The normalized spacial score (nSPS) is 18.4. The molecule has 2 aromatic rings. The van der Waals surface area contributed by atoms with Crippen LogP contribution in [0.15, 0.2) is 28.3 Å². The predicted octanol–water partition coefficient (Wildman–Crippen LogP) is 3.53. The Bertz CT molecular complexity index is 656. The Balaban J connectivity index is 1.70. The van der Waals surface area contributed by atoms with E-state index in [-0.39, 0.29) is 0 Å². The van der Waals surface area contributed by atoms with Crippen LogP contribution in [0.5, 0.6) is 0 Å². The summed E-state index contributed by atoms with van der Waals surface area (Å²) in [4.78, 5) is 1.18. The van der Waals surface area contributed by atoms with Crippen molar-refractivity contribution in [2.24, 2.45) is 0 Å². The first-order chi connectivity index (χ1) is 9.74. The number of nitrogens with zero attached hydrogens (tertiary/aromatic N) is 3. The molecule has 1 aromatic heterocycles. The van der Waals surface area contributed by atoms with Gasteiger partial charge in [0.15, 0.2) is 5.16 Å². The van der Waals surface area contributed by atoms with E-state index >= 15 is 0 Å². The number of aromatic nitrogens is 3. The Morgan fingerprint density at radius 3 is 2.70 bits per heavy atom. The van der Waals surface area contributed by atoms with E-state index < -0.39 is 0 Å². The van der Waals surface area contributed by atoms with Crippen molar-refractivity contribution in [2.75, 3.05) is 5.73 Å². The van der Waals surface area contributed by atoms with Gasteiger partial charge < -0.3 is 10.3 Å². The van der Waals surface area contributed by atoms with Crippen molar-refractivity contribution in [3.8, 4) is 0 Å². The highest BCUT2D eigenvalue weighted by atomic mass is 32.2. The van der Waals surface area contributed by atoms with Crippen molar-refractivity contribution in [3.63, 3.8) is 0 Å². The van der Waals surface area contributed by atoms with Crippen molar-refractivity contribution in [2.45, 2.75) is 54.6 Å². The van der Waals surface area contributed by atoms with Gasteiger partial charge in [0.2, 0.25) is 0 Å². The molecule has 0 amide bonds. The minimum atomic E-state index is 0.629. The zero-order valence-electron chi connectivity index (χ0n) is 11.5. The SMILES string of the molecule is Cc1c(N)cccc1Sc1nnc(C2CC2)n1C1CC1. The van der Waals surface area contributed by atoms with Gasteiger partial charge in [-0.1, -0.05) is 6.07 Å². The standard InChI is InChI=1S/C15H18N4S/c1-9-12(16)3-2-4-13(9)20-15-18-17-14(10-5-6-10)19(15)11-7-8-11/h2-4,10-11H,5-8,16H2,1H3. The lowest BCUT2D eigenvalue weighted by atomic mass is 10.2. The fourth-order valence-electron chi connectivity index (χ4n) is 2.49. The molecule has 0 atom stereocenters. The summed E-state index contributed by atoms with van der Waals surface area (Å²) >= 11 is 1.70. The van der Waals surface area contributed by atoms with E-state index in [9.17, 15) is 0 Å². The summed E-state index contributed by atoms with van der Waals surface area (Å²) in [5.41, 5.74) is 7.97. The van der Waals surface area contributed by atoms with Gasteiger partial charge in [-0.15, -0.1) is 10.2 Å². The molecule has 5 heteroatoms. The minimum absolute atomic E-state index is 0.629. The van der Waals surface area contributed by atoms with Crippen LogP contribution in [0, 0.1) is 6.92 Å². The first-order valence-corrected chi connectivity index (χ1v) is 8.03. The summed E-state index contributed by atoms with van der Waals surface area (Å²) < 4.78 is 2.38. The molecule has 0 saturated heterocycles. The Kier molecular flexibility index (Phi) is 2.77. The lowest BCUT2D eigenvalue weighted by molar-refractivity contribution is 0.627. The molecule has 0 aliphatic heterocycles. The van der Waals surface area contributed by atoms with Crippen LogP contribution in [-0.4, -0.2) is 14.8 Å². The van der Waals surface area contributed by atoms with Crippen LogP contribution in [0.25, 0.3) is 0 Å². The highest BCUT2D eigenvalue weighted by Crippen LogP contribution is 2.47. The van der Waals surface area contributed by atoms with E-state index in [0.29, 0.717) is 12.0 Å². The van der Waals surface area contributed by atoms with Gasteiger partial charge in [0, 0.05) is 22.5 Å². The zero-order valence-corrected chi connectivity index (χ0v) is 12.4. The van der Waals surface area contributed by atoms with Crippen LogP contribution in [0.4, 0.5) is 5.69 Å². The number of nitrogens with two attached hydrogens (primary N) is 1. The Labute approximate surface area is 122 Å². The van der Waals surface area contributed by atoms with Gasteiger partial charge in [-0.05, 0) is 62.1 Å². The molecule has 2 saturated carbocycles. The molecule has 0 radical (unpaired) electrons.